The molecule has 1 atom stereocenters. The zero-order valence-corrected chi connectivity index (χ0v) is 17.2. The highest BCUT2D eigenvalue weighted by atomic mass is 35.5. The third kappa shape index (κ3) is 4.21. The summed E-state index contributed by atoms with van der Waals surface area (Å²) in [7, 11) is 0. The van der Waals surface area contributed by atoms with Crippen molar-refractivity contribution in [1.29, 1.82) is 0 Å². The summed E-state index contributed by atoms with van der Waals surface area (Å²) < 4.78 is 44.1. The van der Waals surface area contributed by atoms with Gasteiger partial charge in [0.2, 0.25) is 0 Å². The number of carbonyl (C=O) groups is 1. The summed E-state index contributed by atoms with van der Waals surface area (Å²) in [5, 5.41) is 12.8. The number of anilines is 3. The van der Waals surface area contributed by atoms with Crippen LogP contribution in [0, 0.1) is 0 Å². The molecule has 1 aliphatic heterocycles. The Labute approximate surface area is 186 Å². The standard InChI is InChI=1S/C22H17ClF3N3O3/c23-17-4-2-10-27-20(17)29-15(11-30)12-32-19-16(3-1-5-18(19)29)21(31)28-14-8-6-13(7-9-14)22(24,25)26/h1-10,15,30H,11-12H2,(H,28,31)/t15-/m0/s1. The maximum absolute atomic E-state index is 12.9. The van der Waals surface area contributed by atoms with E-state index >= 15 is 0 Å². The van der Waals surface area contributed by atoms with Crippen LogP contribution in [0.4, 0.5) is 30.4 Å². The van der Waals surface area contributed by atoms with E-state index < -0.39 is 23.7 Å². The van der Waals surface area contributed by atoms with Crippen LogP contribution in [0.2, 0.25) is 5.02 Å². The van der Waals surface area contributed by atoms with Crippen LogP contribution in [-0.2, 0) is 6.18 Å². The number of para-hydroxylation sites is 1. The van der Waals surface area contributed by atoms with Crippen LogP contribution < -0.4 is 15.0 Å². The van der Waals surface area contributed by atoms with E-state index in [4.69, 9.17) is 16.3 Å². The van der Waals surface area contributed by atoms with Gasteiger partial charge < -0.3 is 20.1 Å². The lowest BCUT2D eigenvalue weighted by Crippen LogP contribution is -2.43. The topological polar surface area (TPSA) is 74.7 Å². The molecule has 3 aromatic rings. The molecule has 0 aliphatic carbocycles. The molecule has 1 aliphatic rings. The van der Waals surface area contributed by atoms with E-state index in [0.29, 0.717) is 16.5 Å². The maximum Gasteiger partial charge on any atom is 0.416 e. The van der Waals surface area contributed by atoms with Crippen molar-refractivity contribution in [2.45, 2.75) is 12.2 Å². The molecule has 0 saturated carbocycles. The van der Waals surface area contributed by atoms with Crippen LogP contribution in [-0.4, -0.2) is 35.3 Å². The molecule has 1 aromatic heterocycles. The summed E-state index contributed by atoms with van der Waals surface area (Å²) >= 11 is 6.31. The summed E-state index contributed by atoms with van der Waals surface area (Å²) in [5.74, 6) is 0.0949. The van der Waals surface area contributed by atoms with Gasteiger partial charge in [-0.05, 0) is 48.5 Å². The molecular formula is C22H17ClF3N3O3. The highest BCUT2D eigenvalue weighted by molar-refractivity contribution is 6.33. The first-order chi connectivity index (χ1) is 15.3. The number of pyridine rings is 1. The largest absolute Gasteiger partial charge is 0.488 e. The molecule has 2 aromatic carbocycles. The van der Waals surface area contributed by atoms with Gasteiger partial charge in [-0.2, -0.15) is 13.2 Å². The van der Waals surface area contributed by atoms with Gasteiger partial charge in [-0.25, -0.2) is 4.98 Å². The first-order valence-electron chi connectivity index (χ1n) is 9.54. The molecule has 2 N–H and O–H groups in total. The van der Waals surface area contributed by atoms with Gasteiger partial charge in [-0.15, -0.1) is 0 Å². The predicted molar refractivity (Wildman–Crippen MR) is 114 cm³/mol. The quantitative estimate of drug-likeness (QED) is 0.576. The number of halogens is 4. The highest BCUT2D eigenvalue weighted by Gasteiger charge is 2.33. The van der Waals surface area contributed by atoms with Crippen molar-refractivity contribution < 1.29 is 27.8 Å². The van der Waals surface area contributed by atoms with Gasteiger partial charge in [0.05, 0.1) is 34.5 Å². The second kappa shape index (κ2) is 8.68. The summed E-state index contributed by atoms with van der Waals surface area (Å²) in [5.41, 5.74) is 0.0509. The van der Waals surface area contributed by atoms with Crippen molar-refractivity contribution in [3.63, 3.8) is 0 Å². The van der Waals surface area contributed by atoms with E-state index in [2.05, 4.69) is 10.3 Å². The van der Waals surface area contributed by atoms with Crippen LogP contribution in [0.3, 0.4) is 0 Å². The van der Waals surface area contributed by atoms with Crippen LogP contribution in [0.5, 0.6) is 5.75 Å². The van der Waals surface area contributed by atoms with Gasteiger partial charge in [0, 0.05) is 11.9 Å². The minimum Gasteiger partial charge on any atom is -0.488 e. The maximum atomic E-state index is 12.9. The summed E-state index contributed by atoms with van der Waals surface area (Å²) in [6, 6.07) is 11.9. The van der Waals surface area contributed by atoms with E-state index in [1.807, 2.05) is 0 Å². The number of aliphatic hydroxyl groups is 1. The van der Waals surface area contributed by atoms with E-state index in [9.17, 15) is 23.1 Å². The number of amides is 1. The number of hydrogen-bond acceptors (Lipinski definition) is 5. The number of nitrogens with one attached hydrogen (secondary N) is 1. The molecule has 0 saturated heterocycles. The van der Waals surface area contributed by atoms with Crippen LogP contribution in [0.1, 0.15) is 15.9 Å². The first-order valence-corrected chi connectivity index (χ1v) is 9.92. The second-order valence-electron chi connectivity index (χ2n) is 7.01. The lowest BCUT2D eigenvalue weighted by molar-refractivity contribution is -0.137. The molecule has 2 heterocycles. The number of alkyl halides is 3. The third-order valence-electron chi connectivity index (χ3n) is 4.93. The van der Waals surface area contributed by atoms with Crippen molar-refractivity contribution in [3.05, 3.63) is 76.9 Å². The molecule has 0 fully saturated rings. The zero-order valence-electron chi connectivity index (χ0n) is 16.4. The first kappa shape index (κ1) is 21.9. The Morgan fingerprint density at radius 3 is 2.59 bits per heavy atom. The zero-order chi connectivity index (χ0) is 22.9. The Morgan fingerprint density at radius 1 is 1.19 bits per heavy atom. The van der Waals surface area contributed by atoms with E-state index in [-0.39, 0.29) is 30.2 Å². The Bertz CT molecular complexity index is 1140. The molecule has 6 nitrogen and oxygen atoms in total. The molecule has 0 unspecified atom stereocenters. The smallest absolute Gasteiger partial charge is 0.416 e. The predicted octanol–water partition coefficient (Wildman–Crippen LogP) is 4.90. The molecule has 4 rings (SSSR count). The minimum atomic E-state index is -4.46. The minimum absolute atomic E-state index is 0.0704. The van der Waals surface area contributed by atoms with E-state index in [1.54, 1.807) is 35.4 Å². The Balaban J connectivity index is 1.67. The van der Waals surface area contributed by atoms with Crippen molar-refractivity contribution >= 4 is 34.7 Å². The lowest BCUT2D eigenvalue weighted by atomic mass is 10.1. The van der Waals surface area contributed by atoms with E-state index in [1.165, 1.54) is 18.2 Å². The number of aliphatic hydroxyl groups excluding tert-OH is 1. The third-order valence-corrected chi connectivity index (χ3v) is 5.23. The highest BCUT2D eigenvalue weighted by Crippen LogP contribution is 2.42. The fraction of sp³-hybridized carbons (Fsp3) is 0.182. The number of fused-ring (bicyclic) bond motifs is 1. The van der Waals surface area contributed by atoms with Crippen molar-refractivity contribution in [2.24, 2.45) is 0 Å². The average Bonchev–Trinajstić information content (AvgIpc) is 2.78. The monoisotopic (exact) mass is 463 g/mol. The second-order valence-corrected chi connectivity index (χ2v) is 7.42. The van der Waals surface area contributed by atoms with Gasteiger partial charge in [-0.1, -0.05) is 17.7 Å². The number of benzene rings is 2. The van der Waals surface area contributed by atoms with Gasteiger partial charge in [-0.3, -0.25) is 4.79 Å². The van der Waals surface area contributed by atoms with Crippen molar-refractivity contribution in [2.75, 3.05) is 23.4 Å². The Morgan fingerprint density at radius 2 is 1.94 bits per heavy atom. The molecular weight excluding hydrogens is 447 g/mol. The van der Waals surface area contributed by atoms with Gasteiger partial charge >= 0.3 is 6.18 Å². The van der Waals surface area contributed by atoms with Gasteiger partial charge in [0.15, 0.2) is 11.6 Å². The number of carbonyl (C=O) groups excluding carboxylic acids is 1. The fourth-order valence-corrected chi connectivity index (χ4v) is 3.63. The molecule has 166 valence electrons. The van der Waals surface area contributed by atoms with Crippen LogP contribution >= 0.6 is 11.6 Å². The SMILES string of the molecule is O=C(Nc1ccc(C(F)(F)F)cc1)c1cccc2c1OC[C@H](CO)N2c1ncccc1Cl. The van der Waals surface area contributed by atoms with Crippen molar-refractivity contribution in [3.8, 4) is 5.75 Å². The Hall–Kier alpha value is -3.30. The fourth-order valence-electron chi connectivity index (χ4n) is 3.41. The Kier molecular flexibility index (Phi) is 5.94. The van der Waals surface area contributed by atoms with Crippen molar-refractivity contribution in [1.82, 2.24) is 4.98 Å². The molecule has 0 bridgehead atoms. The number of rotatable bonds is 4. The lowest BCUT2D eigenvalue weighted by Gasteiger charge is -2.37. The number of nitrogens with zero attached hydrogens (tertiary/aromatic N) is 2. The summed E-state index contributed by atoms with van der Waals surface area (Å²) in [6.07, 6.45) is -2.90. The normalized spacial score (nSPS) is 15.7. The number of ether oxygens (including phenoxy) is 1. The summed E-state index contributed by atoms with van der Waals surface area (Å²) in [6.45, 7) is -0.171. The molecule has 0 spiro atoms. The molecule has 32 heavy (non-hydrogen) atoms. The molecule has 0 radical (unpaired) electrons. The van der Waals surface area contributed by atoms with Gasteiger partial charge in [0.25, 0.3) is 5.91 Å². The number of aromatic nitrogens is 1. The van der Waals surface area contributed by atoms with Crippen LogP contribution in [0.25, 0.3) is 0 Å². The van der Waals surface area contributed by atoms with Gasteiger partial charge in [0.1, 0.15) is 6.61 Å². The van der Waals surface area contributed by atoms with E-state index in [0.717, 1.165) is 12.1 Å². The molecule has 10 heteroatoms. The molecule has 1 amide bonds. The summed E-state index contributed by atoms with van der Waals surface area (Å²) in [4.78, 5) is 18.9. The number of hydrogen-bond donors (Lipinski definition) is 2. The van der Waals surface area contributed by atoms with Crippen LogP contribution in [0.15, 0.2) is 60.8 Å². The average molecular weight is 464 g/mol.